The third-order valence-corrected chi connectivity index (χ3v) is 5.96. The van der Waals surface area contributed by atoms with Gasteiger partial charge in [-0.25, -0.2) is 0 Å². The molecule has 0 aliphatic rings. The molecule has 71 valence electrons. The van der Waals surface area contributed by atoms with E-state index in [4.69, 9.17) is 0 Å². The van der Waals surface area contributed by atoms with Crippen molar-refractivity contribution in [1.82, 2.24) is 9.97 Å². The Hall–Kier alpha value is 0.0287. The van der Waals surface area contributed by atoms with E-state index < -0.39 is 30.6 Å². The van der Waals surface area contributed by atoms with Crippen LogP contribution >= 0.6 is 0 Å². The van der Waals surface area contributed by atoms with Gasteiger partial charge in [-0.1, -0.05) is 0 Å². The summed E-state index contributed by atoms with van der Waals surface area (Å²) in [5.74, 6) is 0. The number of hydrogen-bond acceptors (Lipinski definition) is 3. The van der Waals surface area contributed by atoms with Gasteiger partial charge in [-0.2, -0.15) is 0 Å². The van der Waals surface area contributed by atoms with E-state index in [1.807, 2.05) is 13.0 Å². The predicted molar refractivity (Wildman–Crippen MR) is 56.2 cm³/mol. The molecule has 0 amide bonds. The van der Waals surface area contributed by atoms with E-state index in [1.54, 1.807) is 6.26 Å². The Morgan fingerprint density at radius 1 is 1.38 bits per heavy atom. The first-order valence-corrected chi connectivity index (χ1v) is 12.7. The second-order valence-electron chi connectivity index (χ2n) is 3.13. The van der Waals surface area contributed by atoms with Crippen molar-refractivity contribution in [3.05, 3.63) is 11.8 Å². The molecule has 5 heteroatoms. The Labute approximate surface area is 88.2 Å². The van der Waals surface area contributed by atoms with Gasteiger partial charge in [0.2, 0.25) is 0 Å². The van der Waals surface area contributed by atoms with Crippen LogP contribution in [0, 0.1) is 6.92 Å². The fourth-order valence-corrected chi connectivity index (χ4v) is 4.02. The Balaban J connectivity index is 3.19. The number of aromatic nitrogens is 2. The molecule has 13 heavy (non-hydrogen) atoms. The summed E-state index contributed by atoms with van der Waals surface area (Å²) in [5, 5.41) is 0.483. The van der Waals surface area contributed by atoms with Crippen LogP contribution in [-0.2, 0) is 10.8 Å². The third-order valence-electron chi connectivity index (χ3n) is 1.60. The summed E-state index contributed by atoms with van der Waals surface area (Å²) >= 11 is -1.44. The molecule has 0 aliphatic carbocycles. The van der Waals surface area contributed by atoms with Gasteiger partial charge in [-0.3, -0.25) is 0 Å². The molecule has 0 aromatic carbocycles. The van der Waals surface area contributed by atoms with Crippen LogP contribution in [0.1, 0.15) is 5.69 Å². The quantitative estimate of drug-likeness (QED) is 0.590. The Morgan fingerprint density at radius 2 is 2.00 bits per heavy atom. The molecular weight excluding hydrogens is 291 g/mol. The van der Waals surface area contributed by atoms with Gasteiger partial charge < -0.3 is 0 Å². The van der Waals surface area contributed by atoms with Gasteiger partial charge in [-0.05, 0) is 0 Å². The van der Waals surface area contributed by atoms with Gasteiger partial charge in [0.25, 0.3) is 0 Å². The standard InChI is InChI=1S/C6H7N2OS.2CH3.Sn/c1-5-3-4-7-6(8-5)10(2)9;;;/h3H,1-2H3;2*1H3;. The summed E-state index contributed by atoms with van der Waals surface area (Å²) in [6.45, 7) is 1.92. The van der Waals surface area contributed by atoms with E-state index in [0.717, 1.165) is 9.40 Å². The summed E-state index contributed by atoms with van der Waals surface area (Å²) in [5.41, 5.74) is 0.928. The van der Waals surface area contributed by atoms with Crippen LogP contribution in [0.15, 0.2) is 11.2 Å². The molecule has 0 saturated heterocycles. The number of aryl methyl sites for hydroxylation is 1. The molecule has 1 aromatic rings. The minimum absolute atomic E-state index is 0.483. The summed E-state index contributed by atoms with van der Waals surface area (Å²) in [4.78, 5) is 13.0. The molecule has 0 bridgehead atoms. The average molecular weight is 304 g/mol. The van der Waals surface area contributed by atoms with Crippen LogP contribution in [0.3, 0.4) is 0 Å². The molecule has 1 unspecified atom stereocenters. The van der Waals surface area contributed by atoms with Crippen molar-refractivity contribution in [2.75, 3.05) is 6.26 Å². The normalized spacial score (nSPS) is 13.3. The maximum absolute atomic E-state index is 11.2. The summed E-state index contributed by atoms with van der Waals surface area (Å²) in [6, 6.07) is 2.02. The van der Waals surface area contributed by atoms with Gasteiger partial charge >= 0.3 is 88.4 Å². The molecule has 0 aliphatic heterocycles. The van der Waals surface area contributed by atoms with Crippen molar-refractivity contribution in [1.29, 1.82) is 0 Å². The average Bonchev–Trinajstić information content (AvgIpc) is 2.03. The number of nitrogens with zero attached hydrogens (tertiary/aromatic N) is 2. The zero-order valence-corrected chi connectivity index (χ0v) is 12.0. The van der Waals surface area contributed by atoms with Gasteiger partial charge in [0.1, 0.15) is 0 Å². The second-order valence-corrected chi connectivity index (χ2v) is 11.6. The minimum atomic E-state index is -1.44. The number of hydrogen-bond donors (Lipinski definition) is 0. The SMILES string of the molecule is Cc1c[c]([Sn]([CH3])[CH3])nc(S(C)=O)n1. The van der Waals surface area contributed by atoms with Crippen LogP contribution in [0.25, 0.3) is 0 Å². The van der Waals surface area contributed by atoms with E-state index in [-0.39, 0.29) is 0 Å². The van der Waals surface area contributed by atoms with Crippen LogP contribution in [0.4, 0.5) is 0 Å². The molecule has 1 aromatic heterocycles. The zero-order chi connectivity index (χ0) is 10.0. The first-order chi connectivity index (χ1) is 6.00. The number of rotatable bonds is 2. The topological polar surface area (TPSA) is 42.9 Å². The summed E-state index contributed by atoms with van der Waals surface area (Å²) in [7, 11) is -1.06. The van der Waals surface area contributed by atoms with Crippen molar-refractivity contribution in [2.24, 2.45) is 0 Å². The summed E-state index contributed by atoms with van der Waals surface area (Å²) < 4.78 is 12.3. The van der Waals surface area contributed by atoms with E-state index in [1.165, 1.54) is 0 Å². The van der Waals surface area contributed by atoms with E-state index >= 15 is 0 Å². The Morgan fingerprint density at radius 3 is 2.46 bits per heavy atom. The van der Waals surface area contributed by atoms with Crippen LogP contribution in [0.5, 0.6) is 0 Å². The Kier molecular flexibility index (Phi) is 3.85. The van der Waals surface area contributed by atoms with Gasteiger partial charge in [0, 0.05) is 0 Å². The molecule has 0 saturated carbocycles. The third kappa shape index (κ3) is 3.02. The Bertz CT molecular complexity index is 341. The molecular formula is C8H13N2OSSn. The summed E-state index contributed by atoms with van der Waals surface area (Å²) in [6.07, 6.45) is 1.62. The zero-order valence-electron chi connectivity index (χ0n) is 8.29. The predicted octanol–water partition coefficient (Wildman–Crippen LogP) is 0.484. The molecule has 1 atom stereocenters. The van der Waals surface area contributed by atoms with Crippen LogP contribution < -0.4 is 3.71 Å². The van der Waals surface area contributed by atoms with Crippen molar-refractivity contribution in [3.8, 4) is 0 Å². The first-order valence-electron chi connectivity index (χ1n) is 4.00. The fourth-order valence-electron chi connectivity index (χ4n) is 0.926. The van der Waals surface area contributed by atoms with Gasteiger partial charge in [0.05, 0.1) is 0 Å². The van der Waals surface area contributed by atoms with Crippen molar-refractivity contribution in [3.63, 3.8) is 0 Å². The van der Waals surface area contributed by atoms with Gasteiger partial charge in [-0.15, -0.1) is 0 Å². The van der Waals surface area contributed by atoms with Crippen molar-refractivity contribution < 1.29 is 4.21 Å². The monoisotopic (exact) mass is 305 g/mol. The van der Waals surface area contributed by atoms with Crippen molar-refractivity contribution >= 4 is 34.3 Å². The van der Waals surface area contributed by atoms with E-state index in [0.29, 0.717) is 5.16 Å². The molecule has 0 fully saturated rings. The molecule has 1 heterocycles. The van der Waals surface area contributed by atoms with Crippen molar-refractivity contribution in [2.45, 2.75) is 22.0 Å². The van der Waals surface area contributed by atoms with Crippen LogP contribution in [-0.4, -0.2) is 40.2 Å². The second kappa shape index (κ2) is 4.50. The fraction of sp³-hybridized carbons (Fsp3) is 0.500. The molecule has 1 rings (SSSR count). The molecule has 1 radical (unpaired) electrons. The molecule has 0 spiro atoms. The van der Waals surface area contributed by atoms with E-state index in [2.05, 4.69) is 19.8 Å². The van der Waals surface area contributed by atoms with E-state index in [9.17, 15) is 4.21 Å². The molecule has 0 N–H and O–H groups in total. The van der Waals surface area contributed by atoms with Gasteiger partial charge in [0.15, 0.2) is 0 Å². The maximum atomic E-state index is 11.2. The van der Waals surface area contributed by atoms with Crippen LogP contribution in [0.2, 0.25) is 9.88 Å². The first kappa shape index (κ1) is 11.1. The molecule has 3 nitrogen and oxygen atoms in total.